The second-order valence-corrected chi connectivity index (χ2v) is 10.0. The number of imidazole rings is 1. The van der Waals surface area contributed by atoms with Crippen molar-refractivity contribution in [3.8, 4) is 23.3 Å². The minimum Gasteiger partial charge on any atom is -0.480 e. The Kier molecular flexibility index (Phi) is 7.78. The van der Waals surface area contributed by atoms with Crippen molar-refractivity contribution < 1.29 is 19.1 Å². The maximum atomic E-state index is 14.0. The van der Waals surface area contributed by atoms with Crippen LogP contribution < -0.4 is 9.47 Å². The molecule has 1 aromatic carbocycles. The topological polar surface area (TPSA) is 103 Å². The number of rotatable bonds is 8. The minimum atomic E-state index is -0.685. The smallest absolute Gasteiger partial charge is 0.319 e. The molecule has 1 aliphatic rings. The molecule has 0 fully saturated rings. The van der Waals surface area contributed by atoms with Crippen molar-refractivity contribution in [1.82, 2.24) is 29.3 Å². The molecule has 0 spiro atoms. The summed E-state index contributed by atoms with van der Waals surface area (Å²) in [5, 5.41) is 0.547. The predicted octanol–water partition coefficient (Wildman–Crippen LogP) is 5.03. The van der Waals surface area contributed by atoms with Crippen molar-refractivity contribution >= 4 is 23.4 Å². The van der Waals surface area contributed by atoms with Crippen LogP contribution in [0, 0.1) is 0 Å². The van der Waals surface area contributed by atoms with Gasteiger partial charge in [0.25, 0.3) is 11.8 Å². The third-order valence-corrected chi connectivity index (χ3v) is 6.50. The van der Waals surface area contributed by atoms with Crippen LogP contribution in [-0.2, 0) is 4.79 Å². The third kappa shape index (κ3) is 4.99. The Morgan fingerprint density at radius 1 is 1.15 bits per heavy atom. The predicted molar refractivity (Wildman–Crippen MR) is 148 cm³/mol. The SMILES string of the molecule is C=C(C(=O)N(C)C=C(C)C)N1C(=O)c2nc(-c3cnc(OC)nc3OC)n(C(C)C)c2C1c1ccc(Cl)cc1. The number of hydrogen-bond donors (Lipinski definition) is 0. The van der Waals surface area contributed by atoms with E-state index in [4.69, 9.17) is 26.1 Å². The van der Waals surface area contributed by atoms with Crippen LogP contribution in [0.3, 0.4) is 0 Å². The van der Waals surface area contributed by atoms with Crippen molar-refractivity contribution in [2.75, 3.05) is 21.3 Å². The Bertz CT molecular complexity index is 1470. The molecular formula is C28H31ClN6O4. The molecule has 0 bridgehead atoms. The first kappa shape index (κ1) is 27.8. The lowest BCUT2D eigenvalue weighted by atomic mass is 10.0. The van der Waals surface area contributed by atoms with E-state index in [1.807, 2.05) is 44.4 Å². The number of hydrogen-bond acceptors (Lipinski definition) is 7. The van der Waals surface area contributed by atoms with Gasteiger partial charge in [-0.3, -0.25) is 14.5 Å². The Hall–Kier alpha value is -4.18. The first-order valence-electron chi connectivity index (χ1n) is 12.3. The van der Waals surface area contributed by atoms with Gasteiger partial charge in [0, 0.05) is 30.5 Å². The lowest BCUT2D eigenvalue weighted by molar-refractivity contribution is -0.125. The molecule has 204 valence electrons. The van der Waals surface area contributed by atoms with Crippen molar-refractivity contribution in [2.24, 2.45) is 0 Å². The van der Waals surface area contributed by atoms with Crippen molar-refractivity contribution in [3.63, 3.8) is 0 Å². The minimum absolute atomic E-state index is 0.0279. The summed E-state index contributed by atoms with van der Waals surface area (Å²) in [7, 11) is 4.58. The average molecular weight is 551 g/mol. The fourth-order valence-corrected chi connectivity index (χ4v) is 4.80. The number of aromatic nitrogens is 4. The van der Waals surface area contributed by atoms with Crippen LogP contribution in [0.15, 0.2) is 54.5 Å². The second-order valence-electron chi connectivity index (χ2n) is 9.61. The molecule has 4 rings (SSSR count). The monoisotopic (exact) mass is 550 g/mol. The molecule has 2 amide bonds. The number of fused-ring (bicyclic) bond motifs is 1. The summed E-state index contributed by atoms with van der Waals surface area (Å²) in [5.74, 6) is -0.138. The molecule has 0 radical (unpaired) electrons. The van der Waals surface area contributed by atoms with E-state index in [0.29, 0.717) is 22.1 Å². The number of amides is 2. The van der Waals surface area contributed by atoms with Crippen molar-refractivity contribution in [3.05, 3.63) is 76.5 Å². The average Bonchev–Trinajstić information content (AvgIpc) is 3.42. The molecule has 0 N–H and O–H groups in total. The maximum absolute atomic E-state index is 14.0. The number of methoxy groups -OCH3 is 2. The van der Waals surface area contributed by atoms with Gasteiger partial charge in [0.05, 0.1) is 25.5 Å². The number of benzene rings is 1. The summed E-state index contributed by atoms with van der Waals surface area (Å²) in [6, 6.07) is 6.46. The van der Waals surface area contributed by atoms with Crippen LogP contribution >= 0.6 is 11.6 Å². The van der Waals surface area contributed by atoms with E-state index in [9.17, 15) is 9.59 Å². The Balaban J connectivity index is 1.94. The standard InChI is InChI=1S/C28H31ClN6O4/c1-15(2)14-33(6)26(36)17(5)35-22(18-9-11-19(29)12-10-18)23-21(27(35)37)31-24(34(23)16(3)4)20-13-30-28(39-8)32-25(20)38-7/h9-14,16,22H,5H2,1-4,6-8H3. The highest BCUT2D eigenvalue weighted by Crippen LogP contribution is 2.45. The summed E-state index contributed by atoms with van der Waals surface area (Å²) < 4.78 is 12.6. The summed E-state index contributed by atoms with van der Waals surface area (Å²) >= 11 is 6.19. The van der Waals surface area contributed by atoms with Crippen molar-refractivity contribution in [1.29, 1.82) is 0 Å². The molecule has 2 aromatic heterocycles. The first-order chi connectivity index (χ1) is 18.5. The van der Waals surface area contributed by atoms with Crippen LogP contribution in [0.4, 0.5) is 0 Å². The third-order valence-electron chi connectivity index (χ3n) is 6.25. The fourth-order valence-electron chi connectivity index (χ4n) is 4.67. The zero-order chi connectivity index (χ0) is 28.6. The molecule has 11 heteroatoms. The van der Waals surface area contributed by atoms with E-state index in [-0.39, 0.29) is 29.3 Å². The molecule has 0 saturated carbocycles. The molecule has 1 unspecified atom stereocenters. The van der Waals surface area contributed by atoms with Gasteiger partial charge in [-0.15, -0.1) is 0 Å². The van der Waals surface area contributed by atoms with Crippen LogP contribution in [0.25, 0.3) is 11.4 Å². The van der Waals surface area contributed by atoms with E-state index in [1.54, 1.807) is 31.6 Å². The lowest BCUT2D eigenvalue weighted by Gasteiger charge is -2.30. The van der Waals surface area contributed by atoms with E-state index < -0.39 is 17.9 Å². The van der Waals surface area contributed by atoms with Gasteiger partial charge in [0.1, 0.15) is 17.6 Å². The molecule has 3 aromatic rings. The van der Waals surface area contributed by atoms with Gasteiger partial charge in [-0.1, -0.05) is 35.9 Å². The van der Waals surface area contributed by atoms with Crippen LogP contribution in [-0.4, -0.2) is 62.4 Å². The van der Waals surface area contributed by atoms with Gasteiger partial charge in [-0.05, 0) is 45.4 Å². The highest BCUT2D eigenvalue weighted by molar-refractivity contribution is 6.30. The lowest BCUT2D eigenvalue weighted by Crippen LogP contribution is -2.37. The summed E-state index contributed by atoms with van der Waals surface area (Å²) in [5.41, 5.74) is 3.02. The normalized spacial score (nSPS) is 14.3. The highest BCUT2D eigenvalue weighted by Gasteiger charge is 2.46. The van der Waals surface area contributed by atoms with E-state index in [0.717, 1.165) is 11.1 Å². The first-order valence-corrected chi connectivity index (χ1v) is 12.7. The second kappa shape index (κ2) is 10.9. The summed E-state index contributed by atoms with van der Waals surface area (Å²) in [4.78, 5) is 43.5. The Morgan fingerprint density at radius 2 is 1.82 bits per heavy atom. The molecular weight excluding hydrogens is 520 g/mol. The molecule has 1 atom stereocenters. The van der Waals surface area contributed by atoms with Crippen LogP contribution in [0.1, 0.15) is 61.5 Å². The molecule has 1 aliphatic heterocycles. The zero-order valence-electron chi connectivity index (χ0n) is 23.0. The molecule has 10 nitrogen and oxygen atoms in total. The molecule has 0 saturated heterocycles. The zero-order valence-corrected chi connectivity index (χ0v) is 23.8. The van der Waals surface area contributed by atoms with Gasteiger partial charge in [0.15, 0.2) is 5.69 Å². The van der Waals surface area contributed by atoms with E-state index >= 15 is 0 Å². The van der Waals surface area contributed by atoms with Gasteiger partial charge >= 0.3 is 6.01 Å². The van der Waals surface area contributed by atoms with Crippen LogP contribution in [0.2, 0.25) is 5.02 Å². The number of carbonyl (C=O) groups excluding carboxylic acids is 2. The number of nitrogens with zero attached hydrogens (tertiary/aromatic N) is 6. The quantitative estimate of drug-likeness (QED) is 0.362. The van der Waals surface area contributed by atoms with Crippen LogP contribution in [0.5, 0.6) is 11.9 Å². The maximum Gasteiger partial charge on any atom is 0.319 e. The molecule has 3 heterocycles. The van der Waals surface area contributed by atoms with Gasteiger partial charge in [-0.25, -0.2) is 9.97 Å². The van der Waals surface area contributed by atoms with Crippen molar-refractivity contribution in [2.45, 2.75) is 39.8 Å². The van der Waals surface area contributed by atoms with Gasteiger partial charge < -0.3 is 18.9 Å². The summed E-state index contributed by atoms with van der Waals surface area (Å²) in [6.45, 7) is 11.8. The fraction of sp³-hybridized carbons (Fsp3) is 0.321. The van der Waals surface area contributed by atoms with E-state index in [2.05, 4.69) is 16.5 Å². The highest BCUT2D eigenvalue weighted by atomic mass is 35.5. The number of likely N-dealkylation sites (N-methyl/N-ethyl adjacent to an activating group) is 1. The summed E-state index contributed by atoms with van der Waals surface area (Å²) in [6.07, 6.45) is 3.25. The Labute approximate surface area is 232 Å². The largest absolute Gasteiger partial charge is 0.480 e. The number of carbonyl (C=O) groups is 2. The van der Waals surface area contributed by atoms with Gasteiger partial charge in [0.2, 0.25) is 5.88 Å². The Morgan fingerprint density at radius 3 is 2.38 bits per heavy atom. The van der Waals surface area contributed by atoms with E-state index in [1.165, 1.54) is 24.0 Å². The van der Waals surface area contributed by atoms with Gasteiger partial charge in [-0.2, -0.15) is 4.98 Å². The number of allylic oxidation sites excluding steroid dienone is 1. The number of ether oxygens (including phenoxy) is 2. The molecule has 39 heavy (non-hydrogen) atoms. The molecule has 0 aliphatic carbocycles. The number of halogens is 1.